The summed E-state index contributed by atoms with van der Waals surface area (Å²) in [5.41, 5.74) is -1.67. The first-order valence-corrected chi connectivity index (χ1v) is 3.43. The molecule has 1 aliphatic rings. The Morgan fingerprint density at radius 1 is 1.50 bits per heavy atom. The van der Waals surface area contributed by atoms with Gasteiger partial charge in [0.1, 0.15) is 0 Å². The average Bonchev–Trinajstić information content (AvgIpc) is 2.06. The van der Waals surface area contributed by atoms with Gasteiger partial charge in [-0.3, -0.25) is 0 Å². The molecule has 0 saturated heterocycles. The van der Waals surface area contributed by atoms with Gasteiger partial charge >= 0.3 is 0 Å². The van der Waals surface area contributed by atoms with Crippen molar-refractivity contribution < 1.29 is 13.6 Å². The molecule has 0 aliphatic heterocycles. The van der Waals surface area contributed by atoms with Crippen molar-refractivity contribution in [2.24, 2.45) is 4.99 Å². The number of allylic oxidation sites excluding steroid dienone is 2. The highest BCUT2D eigenvalue weighted by atomic mass is 19.3. The van der Waals surface area contributed by atoms with Gasteiger partial charge < -0.3 is 0 Å². The number of isocyanates is 1. The van der Waals surface area contributed by atoms with Crippen LogP contribution in [0.3, 0.4) is 0 Å². The van der Waals surface area contributed by atoms with Crippen molar-refractivity contribution in [3.8, 4) is 0 Å². The zero-order valence-electron chi connectivity index (χ0n) is 6.21. The third-order valence-electron chi connectivity index (χ3n) is 1.71. The predicted molar refractivity (Wildman–Crippen MR) is 39.8 cm³/mol. The van der Waals surface area contributed by atoms with Crippen molar-refractivity contribution in [3.63, 3.8) is 0 Å². The molecule has 1 rings (SSSR count). The van der Waals surface area contributed by atoms with Crippen LogP contribution in [0.25, 0.3) is 0 Å². The van der Waals surface area contributed by atoms with E-state index < -0.39 is 12.0 Å². The molecule has 0 radical (unpaired) electrons. The van der Waals surface area contributed by atoms with Gasteiger partial charge in [-0.25, -0.2) is 13.6 Å². The Morgan fingerprint density at radius 3 is 2.67 bits per heavy atom. The summed E-state index contributed by atoms with van der Waals surface area (Å²) in [4.78, 5) is 13.0. The van der Waals surface area contributed by atoms with Crippen LogP contribution in [0, 0.1) is 0 Å². The number of halogens is 2. The number of hydrogen-bond acceptors (Lipinski definition) is 2. The molecule has 2 nitrogen and oxygen atoms in total. The summed E-state index contributed by atoms with van der Waals surface area (Å²) in [7, 11) is 0. The Balaban J connectivity index is 2.95. The maximum absolute atomic E-state index is 12.4. The number of hydrogen-bond donors (Lipinski definition) is 0. The van der Waals surface area contributed by atoms with Gasteiger partial charge in [0.05, 0.1) is 0 Å². The Bertz CT molecular complexity index is 266. The van der Waals surface area contributed by atoms with Crippen LogP contribution in [0.1, 0.15) is 6.42 Å². The van der Waals surface area contributed by atoms with Crippen LogP contribution < -0.4 is 0 Å². The predicted octanol–water partition coefficient (Wildman–Crippen LogP) is 1.84. The Kier molecular flexibility index (Phi) is 2.51. The lowest BCUT2D eigenvalue weighted by Gasteiger charge is -2.23. The zero-order chi connectivity index (χ0) is 9.03. The van der Waals surface area contributed by atoms with Crippen molar-refractivity contribution in [1.29, 1.82) is 0 Å². The van der Waals surface area contributed by atoms with Crippen LogP contribution in [0.2, 0.25) is 0 Å². The summed E-state index contributed by atoms with van der Waals surface area (Å²) in [6.45, 7) is 0. The largest absolute Gasteiger partial charge is 0.268 e. The molecule has 0 heterocycles. The van der Waals surface area contributed by atoms with Gasteiger partial charge in [-0.2, -0.15) is 4.99 Å². The molecule has 0 aromatic rings. The van der Waals surface area contributed by atoms with Crippen molar-refractivity contribution in [1.82, 2.24) is 0 Å². The van der Waals surface area contributed by atoms with E-state index in [9.17, 15) is 13.6 Å². The second-order valence-electron chi connectivity index (χ2n) is 2.49. The van der Waals surface area contributed by atoms with E-state index in [2.05, 4.69) is 4.99 Å². The van der Waals surface area contributed by atoms with Gasteiger partial charge in [-0.05, 0) is 0 Å². The standard InChI is InChI=1S/C8H7F2NO/c9-7(10)8(11-6-12)4-2-1-3-5-8/h1-4,7H,5H2. The van der Waals surface area contributed by atoms with Crippen LogP contribution in [0.5, 0.6) is 0 Å². The number of rotatable bonds is 2. The van der Waals surface area contributed by atoms with E-state index in [4.69, 9.17) is 0 Å². The molecule has 0 bridgehead atoms. The van der Waals surface area contributed by atoms with Gasteiger partial charge in [0.15, 0.2) is 5.54 Å². The minimum absolute atomic E-state index is 0.0520. The van der Waals surface area contributed by atoms with Crippen LogP contribution in [0.4, 0.5) is 8.78 Å². The minimum Gasteiger partial charge on any atom is -0.211 e. The quantitative estimate of drug-likeness (QED) is 0.460. The van der Waals surface area contributed by atoms with Gasteiger partial charge in [0.25, 0.3) is 6.43 Å². The minimum atomic E-state index is -2.67. The molecule has 0 aromatic carbocycles. The Morgan fingerprint density at radius 2 is 2.25 bits per heavy atom. The topological polar surface area (TPSA) is 29.4 Å². The first kappa shape index (κ1) is 8.81. The molecule has 0 aromatic heterocycles. The summed E-state index contributed by atoms with van der Waals surface area (Å²) >= 11 is 0. The van der Waals surface area contributed by atoms with E-state index in [-0.39, 0.29) is 6.42 Å². The molecule has 0 saturated carbocycles. The van der Waals surface area contributed by atoms with Gasteiger partial charge in [0, 0.05) is 6.42 Å². The molecule has 64 valence electrons. The first-order chi connectivity index (χ1) is 5.71. The summed E-state index contributed by atoms with van der Waals surface area (Å²) in [5.74, 6) is 0. The normalized spacial score (nSPS) is 27.2. The second-order valence-corrected chi connectivity index (χ2v) is 2.49. The molecule has 12 heavy (non-hydrogen) atoms. The summed E-state index contributed by atoms with van der Waals surface area (Å²) < 4.78 is 24.8. The number of nitrogens with zero attached hydrogens (tertiary/aromatic N) is 1. The van der Waals surface area contributed by atoms with Crippen molar-refractivity contribution in [3.05, 3.63) is 24.3 Å². The van der Waals surface area contributed by atoms with E-state index in [1.807, 2.05) is 0 Å². The first-order valence-electron chi connectivity index (χ1n) is 3.43. The average molecular weight is 171 g/mol. The highest BCUT2D eigenvalue weighted by molar-refractivity contribution is 5.38. The SMILES string of the molecule is O=C=NC1(C(F)F)C=CC=CC1. The fraction of sp³-hybridized carbons (Fsp3) is 0.375. The maximum Gasteiger partial charge on any atom is 0.268 e. The van der Waals surface area contributed by atoms with E-state index in [0.717, 1.165) is 0 Å². The molecule has 4 heteroatoms. The Hall–Kier alpha value is -1.28. The van der Waals surface area contributed by atoms with E-state index in [1.54, 1.807) is 12.2 Å². The van der Waals surface area contributed by atoms with Crippen LogP contribution in [-0.4, -0.2) is 18.0 Å². The van der Waals surface area contributed by atoms with Gasteiger partial charge in [0.2, 0.25) is 6.08 Å². The van der Waals surface area contributed by atoms with Crippen molar-refractivity contribution >= 4 is 6.08 Å². The van der Waals surface area contributed by atoms with Crippen LogP contribution in [-0.2, 0) is 4.79 Å². The molecule has 1 unspecified atom stereocenters. The lowest BCUT2D eigenvalue weighted by Crippen LogP contribution is -2.33. The fourth-order valence-electron chi connectivity index (χ4n) is 1.00. The van der Waals surface area contributed by atoms with E-state index in [0.29, 0.717) is 0 Å². The molecule has 1 aliphatic carbocycles. The number of alkyl halides is 2. The van der Waals surface area contributed by atoms with E-state index >= 15 is 0 Å². The van der Waals surface area contributed by atoms with Crippen molar-refractivity contribution in [2.45, 2.75) is 18.4 Å². The number of carbonyl (C=O) groups excluding carboxylic acids is 1. The third-order valence-corrected chi connectivity index (χ3v) is 1.71. The Labute approximate surface area is 68.3 Å². The highest BCUT2D eigenvalue weighted by Crippen LogP contribution is 2.28. The van der Waals surface area contributed by atoms with Gasteiger partial charge in [-0.15, -0.1) is 0 Å². The van der Waals surface area contributed by atoms with Crippen LogP contribution in [0.15, 0.2) is 29.3 Å². The zero-order valence-corrected chi connectivity index (χ0v) is 6.21. The lowest BCUT2D eigenvalue weighted by molar-refractivity contribution is 0.0814. The fourth-order valence-corrected chi connectivity index (χ4v) is 1.00. The molecule has 1 atom stereocenters. The lowest BCUT2D eigenvalue weighted by atomic mass is 9.93. The maximum atomic E-state index is 12.4. The third kappa shape index (κ3) is 1.48. The number of aliphatic imine (C=N–C) groups is 1. The molecule has 0 amide bonds. The van der Waals surface area contributed by atoms with Gasteiger partial charge in [-0.1, -0.05) is 24.3 Å². The molecular weight excluding hydrogens is 164 g/mol. The monoisotopic (exact) mass is 171 g/mol. The summed E-state index contributed by atoms with van der Waals surface area (Å²) in [6, 6.07) is 0. The van der Waals surface area contributed by atoms with Crippen molar-refractivity contribution in [2.75, 3.05) is 0 Å². The molecule has 0 fully saturated rings. The molecule has 0 spiro atoms. The summed E-state index contributed by atoms with van der Waals surface area (Å²) in [5, 5.41) is 0. The summed E-state index contributed by atoms with van der Waals surface area (Å²) in [6.07, 6.45) is 4.42. The molecule has 0 N–H and O–H groups in total. The molecular formula is C8H7F2NO. The van der Waals surface area contributed by atoms with E-state index in [1.165, 1.54) is 18.2 Å². The second kappa shape index (κ2) is 3.41. The highest BCUT2D eigenvalue weighted by Gasteiger charge is 2.37. The smallest absolute Gasteiger partial charge is 0.211 e. The van der Waals surface area contributed by atoms with Crippen LogP contribution >= 0.6 is 0 Å².